The molecule has 1 heterocycles. The van der Waals surface area contributed by atoms with Crippen LogP contribution in [0, 0.1) is 0 Å². The van der Waals surface area contributed by atoms with Gasteiger partial charge in [0.2, 0.25) is 0 Å². The zero-order valence-corrected chi connectivity index (χ0v) is 10.7. The van der Waals surface area contributed by atoms with Crippen LogP contribution in [0.1, 0.15) is 12.7 Å². The number of carbonyl (C=O) groups is 1. The van der Waals surface area contributed by atoms with E-state index < -0.39 is 0 Å². The molecule has 0 aliphatic heterocycles. The Morgan fingerprint density at radius 2 is 2.22 bits per heavy atom. The van der Waals surface area contributed by atoms with Gasteiger partial charge in [-0.3, -0.25) is 0 Å². The summed E-state index contributed by atoms with van der Waals surface area (Å²) < 4.78 is 0. The first-order valence-corrected chi connectivity index (χ1v) is 6.13. The van der Waals surface area contributed by atoms with Crippen molar-refractivity contribution in [2.45, 2.75) is 13.3 Å². The number of hydrogen-bond donors (Lipinski definition) is 2. The number of benzene rings is 1. The van der Waals surface area contributed by atoms with Gasteiger partial charge in [0.05, 0.1) is 11.0 Å². The number of para-hydroxylation sites is 2. The Morgan fingerprint density at radius 1 is 1.44 bits per heavy atom. The van der Waals surface area contributed by atoms with Crippen LogP contribution in [-0.4, -0.2) is 41.0 Å². The molecule has 5 nitrogen and oxygen atoms in total. The quantitative estimate of drug-likeness (QED) is 0.863. The van der Waals surface area contributed by atoms with Crippen LogP contribution in [-0.2, 0) is 6.42 Å². The van der Waals surface area contributed by atoms with Crippen molar-refractivity contribution in [1.29, 1.82) is 0 Å². The first kappa shape index (κ1) is 12.4. The first-order chi connectivity index (χ1) is 8.70. The Morgan fingerprint density at radius 3 is 2.94 bits per heavy atom. The van der Waals surface area contributed by atoms with Crippen LogP contribution in [0.5, 0.6) is 0 Å². The van der Waals surface area contributed by atoms with Crippen molar-refractivity contribution in [3.63, 3.8) is 0 Å². The van der Waals surface area contributed by atoms with Gasteiger partial charge in [0.1, 0.15) is 5.82 Å². The lowest BCUT2D eigenvalue weighted by molar-refractivity contribution is 0.211. The molecule has 0 bridgehead atoms. The highest BCUT2D eigenvalue weighted by Crippen LogP contribution is 2.10. The van der Waals surface area contributed by atoms with Crippen LogP contribution in [0.25, 0.3) is 11.0 Å². The summed E-state index contributed by atoms with van der Waals surface area (Å²) in [5, 5.41) is 2.85. The van der Waals surface area contributed by atoms with Gasteiger partial charge in [-0.15, -0.1) is 0 Å². The molecule has 0 radical (unpaired) electrons. The number of aromatic nitrogens is 2. The number of H-pyrrole nitrogens is 1. The maximum Gasteiger partial charge on any atom is 0.317 e. The second-order valence-electron chi connectivity index (χ2n) is 4.20. The van der Waals surface area contributed by atoms with Crippen LogP contribution in [0.2, 0.25) is 0 Å². The number of aromatic amines is 1. The van der Waals surface area contributed by atoms with E-state index in [0.29, 0.717) is 19.5 Å². The second-order valence-corrected chi connectivity index (χ2v) is 4.20. The van der Waals surface area contributed by atoms with Crippen molar-refractivity contribution >= 4 is 17.1 Å². The summed E-state index contributed by atoms with van der Waals surface area (Å²) in [7, 11) is 1.77. The highest BCUT2D eigenvalue weighted by Gasteiger charge is 2.06. The second kappa shape index (κ2) is 5.53. The van der Waals surface area contributed by atoms with Gasteiger partial charge >= 0.3 is 6.03 Å². The van der Waals surface area contributed by atoms with Crippen molar-refractivity contribution in [2.75, 3.05) is 20.1 Å². The van der Waals surface area contributed by atoms with Gasteiger partial charge < -0.3 is 15.2 Å². The molecule has 0 atom stereocenters. The summed E-state index contributed by atoms with van der Waals surface area (Å²) in [5.74, 6) is 0.899. The fraction of sp³-hybridized carbons (Fsp3) is 0.385. The van der Waals surface area contributed by atoms with E-state index in [4.69, 9.17) is 0 Å². The number of carbonyl (C=O) groups excluding carboxylic acids is 1. The van der Waals surface area contributed by atoms with Crippen LogP contribution in [0.4, 0.5) is 4.79 Å². The number of urea groups is 1. The predicted octanol–water partition coefficient (Wildman–Crippen LogP) is 1.77. The van der Waals surface area contributed by atoms with Crippen LogP contribution >= 0.6 is 0 Å². The maximum atomic E-state index is 11.5. The Kier molecular flexibility index (Phi) is 3.82. The highest BCUT2D eigenvalue weighted by atomic mass is 16.2. The van der Waals surface area contributed by atoms with Crippen LogP contribution in [0.15, 0.2) is 24.3 Å². The number of nitrogens with one attached hydrogen (secondary N) is 2. The monoisotopic (exact) mass is 246 g/mol. The molecule has 0 saturated heterocycles. The zero-order chi connectivity index (χ0) is 13.0. The number of imidazole rings is 1. The average Bonchev–Trinajstić information content (AvgIpc) is 2.80. The number of nitrogens with zero attached hydrogens (tertiary/aromatic N) is 2. The van der Waals surface area contributed by atoms with Gasteiger partial charge in [-0.25, -0.2) is 9.78 Å². The molecular weight excluding hydrogens is 228 g/mol. The molecule has 2 rings (SSSR count). The molecule has 0 saturated carbocycles. The fourth-order valence-electron chi connectivity index (χ4n) is 1.69. The third-order valence-electron chi connectivity index (χ3n) is 2.90. The van der Waals surface area contributed by atoms with Crippen molar-refractivity contribution in [3.05, 3.63) is 30.1 Å². The molecular formula is C13H18N4O. The van der Waals surface area contributed by atoms with Gasteiger partial charge in [-0.2, -0.15) is 0 Å². The summed E-state index contributed by atoms with van der Waals surface area (Å²) in [6.07, 6.45) is 0.706. The normalized spacial score (nSPS) is 10.6. The minimum absolute atomic E-state index is 0.0476. The highest BCUT2D eigenvalue weighted by molar-refractivity contribution is 5.75. The molecule has 5 heteroatoms. The summed E-state index contributed by atoms with van der Waals surface area (Å²) >= 11 is 0. The van der Waals surface area contributed by atoms with Gasteiger partial charge in [-0.05, 0) is 19.1 Å². The predicted molar refractivity (Wildman–Crippen MR) is 71.5 cm³/mol. The minimum Gasteiger partial charge on any atom is -0.342 e. The molecule has 0 aliphatic carbocycles. The van der Waals surface area contributed by atoms with Crippen molar-refractivity contribution in [1.82, 2.24) is 20.2 Å². The van der Waals surface area contributed by atoms with Crippen molar-refractivity contribution in [2.24, 2.45) is 0 Å². The molecule has 2 aromatic rings. The van der Waals surface area contributed by atoms with Crippen molar-refractivity contribution < 1.29 is 4.79 Å². The molecule has 96 valence electrons. The Balaban J connectivity index is 1.89. The van der Waals surface area contributed by atoms with E-state index in [-0.39, 0.29) is 6.03 Å². The molecule has 1 aromatic heterocycles. The van der Waals surface area contributed by atoms with Gasteiger partial charge in [0.15, 0.2) is 0 Å². The van der Waals surface area contributed by atoms with Gasteiger partial charge in [-0.1, -0.05) is 12.1 Å². The number of fused-ring (bicyclic) bond motifs is 1. The van der Waals surface area contributed by atoms with Crippen LogP contribution < -0.4 is 5.32 Å². The Bertz CT molecular complexity index is 502. The lowest BCUT2D eigenvalue weighted by atomic mass is 10.3. The number of rotatable bonds is 4. The summed E-state index contributed by atoms with van der Waals surface area (Å²) in [4.78, 5) is 20.8. The number of hydrogen-bond acceptors (Lipinski definition) is 2. The maximum absolute atomic E-state index is 11.5. The van der Waals surface area contributed by atoms with E-state index in [0.717, 1.165) is 16.9 Å². The lowest BCUT2D eigenvalue weighted by Gasteiger charge is -2.14. The molecule has 18 heavy (non-hydrogen) atoms. The van der Waals surface area contributed by atoms with Gasteiger partial charge in [0, 0.05) is 26.6 Å². The van der Waals surface area contributed by atoms with E-state index in [1.807, 2.05) is 31.2 Å². The summed E-state index contributed by atoms with van der Waals surface area (Å²) in [5.41, 5.74) is 1.99. The van der Waals surface area contributed by atoms with E-state index in [1.165, 1.54) is 0 Å². The molecule has 2 amide bonds. The van der Waals surface area contributed by atoms with E-state index in [9.17, 15) is 4.79 Å². The third kappa shape index (κ3) is 2.80. The molecule has 2 N–H and O–H groups in total. The smallest absolute Gasteiger partial charge is 0.317 e. The topological polar surface area (TPSA) is 61.0 Å². The molecule has 0 spiro atoms. The van der Waals surface area contributed by atoms with Crippen LogP contribution in [0.3, 0.4) is 0 Å². The summed E-state index contributed by atoms with van der Waals surface area (Å²) in [6.45, 7) is 3.23. The molecule has 1 aromatic carbocycles. The van der Waals surface area contributed by atoms with Gasteiger partial charge in [0.25, 0.3) is 0 Å². The minimum atomic E-state index is -0.0476. The van der Waals surface area contributed by atoms with E-state index in [1.54, 1.807) is 11.9 Å². The first-order valence-electron chi connectivity index (χ1n) is 6.13. The van der Waals surface area contributed by atoms with E-state index in [2.05, 4.69) is 15.3 Å². The standard InChI is InChI=1S/C13H18N4O/c1-3-17(2)13(18)14-9-8-12-15-10-6-4-5-7-11(10)16-12/h4-7H,3,8-9H2,1-2H3,(H,14,18)(H,15,16). The molecule has 0 unspecified atom stereocenters. The fourth-order valence-corrected chi connectivity index (χ4v) is 1.69. The largest absolute Gasteiger partial charge is 0.342 e. The Labute approximate surface area is 106 Å². The van der Waals surface area contributed by atoms with Crippen molar-refractivity contribution in [3.8, 4) is 0 Å². The number of amides is 2. The average molecular weight is 246 g/mol. The summed E-state index contributed by atoms with van der Waals surface area (Å²) in [6, 6.07) is 7.86. The lowest BCUT2D eigenvalue weighted by Crippen LogP contribution is -2.38. The third-order valence-corrected chi connectivity index (χ3v) is 2.90. The zero-order valence-electron chi connectivity index (χ0n) is 10.7. The van der Waals surface area contributed by atoms with E-state index >= 15 is 0 Å². The SMILES string of the molecule is CCN(C)C(=O)NCCc1nc2ccccc2[nH]1. The molecule has 0 aliphatic rings. The Hall–Kier alpha value is -2.04. The molecule has 0 fully saturated rings.